The normalized spacial score (nSPS) is 32.7. The van der Waals surface area contributed by atoms with Gasteiger partial charge in [-0.15, -0.1) is 0 Å². The van der Waals surface area contributed by atoms with Crippen LogP contribution in [0.3, 0.4) is 0 Å². The van der Waals surface area contributed by atoms with Crippen molar-refractivity contribution in [1.29, 1.82) is 0 Å². The molecular formula is C8H18N2O. The standard InChI is InChI=1S/C8H18N2O/c1-7-6-11-8(4-9-7)5-10(2)3/h7-9H,4-6H2,1-3H3. The van der Waals surface area contributed by atoms with Crippen molar-refractivity contribution in [2.75, 3.05) is 33.8 Å². The Kier molecular flexibility index (Phi) is 3.30. The van der Waals surface area contributed by atoms with Crippen molar-refractivity contribution < 1.29 is 4.74 Å². The van der Waals surface area contributed by atoms with Crippen molar-refractivity contribution in [3.8, 4) is 0 Å². The number of morpholine rings is 1. The zero-order valence-corrected chi connectivity index (χ0v) is 7.63. The summed E-state index contributed by atoms with van der Waals surface area (Å²) in [4.78, 5) is 2.16. The SMILES string of the molecule is CC1COC(CN(C)C)CN1. The molecule has 66 valence electrons. The fourth-order valence-corrected chi connectivity index (χ4v) is 1.26. The van der Waals surface area contributed by atoms with Crippen LogP contribution in [0.2, 0.25) is 0 Å². The van der Waals surface area contributed by atoms with E-state index < -0.39 is 0 Å². The van der Waals surface area contributed by atoms with Gasteiger partial charge in [-0.25, -0.2) is 0 Å². The smallest absolute Gasteiger partial charge is 0.0826 e. The van der Waals surface area contributed by atoms with Crippen LogP contribution < -0.4 is 5.32 Å². The molecule has 0 aromatic rings. The summed E-state index contributed by atoms with van der Waals surface area (Å²) in [5.41, 5.74) is 0. The maximum Gasteiger partial charge on any atom is 0.0826 e. The summed E-state index contributed by atoms with van der Waals surface area (Å²) >= 11 is 0. The first-order valence-corrected chi connectivity index (χ1v) is 4.18. The summed E-state index contributed by atoms with van der Waals surface area (Å²) in [5.74, 6) is 0. The highest BCUT2D eigenvalue weighted by Crippen LogP contribution is 2.00. The minimum atomic E-state index is 0.376. The van der Waals surface area contributed by atoms with Gasteiger partial charge in [0.25, 0.3) is 0 Å². The van der Waals surface area contributed by atoms with Crippen molar-refractivity contribution in [1.82, 2.24) is 10.2 Å². The van der Waals surface area contributed by atoms with Crippen LogP contribution in [0.25, 0.3) is 0 Å². The van der Waals surface area contributed by atoms with Crippen LogP contribution in [0.4, 0.5) is 0 Å². The zero-order valence-electron chi connectivity index (χ0n) is 7.63. The van der Waals surface area contributed by atoms with Gasteiger partial charge in [0, 0.05) is 19.1 Å². The van der Waals surface area contributed by atoms with E-state index in [4.69, 9.17) is 4.74 Å². The molecule has 1 fully saturated rings. The van der Waals surface area contributed by atoms with E-state index in [-0.39, 0.29) is 0 Å². The van der Waals surface area contributed by atoms with Crippen LogP contribution in [0, 0.1) is 0 Å². The van der Waals surface area contributed by atoms with Gasteiger partial charge in [0.15, 0.2) is 0 Å². The van der Waals surface area contributed by atoms with E-state index in [0.29, 0.717) is 12.1 Å². The molecule has 1 saturated heterocycles. The molecule has 1 N–H and O–H groups in total. The molecule has 3 nitrogen and oxygen atoms in total. The Bertz CT molecular complexity index is 109. The minimum absolute atomic E-state index is 0.376. The quantitative estimate of drug-likeness (QED) is 0.608. The second-order valence-corrected chi connectivity index (χ2v) is 3.53. The van der Waals surface area contributed by atoms with Crippen molar-refractivity contribution >= 4 is 0 Å². The van der Waals surface area contributed by atoms with Gasteiger partial charge in [0.2, 0.25) is 0 Å². The summed E-state index contributed by atoms with van der Waals surface area (Å²) < 4.78 is 5.60. The van der Waals surface area contributed by atoms with Crippen LogP contribution in [0.5, 0.6) is 0 Å². The first-order valence-electron chi connectivity index (χ1n) is 4.18. The number of hydrogen-bond acceptors (Lipinski definition) is 3. The monoisotopic (exact) mass is 158 g/mol. The molecular weight excluding hydrogens is 140 g/mol. The van der Waals surface area contributed by atoms with Gasteiger partial charge in [-0.3, -0.25) is 0 Å². The average molecular weight is 158 g/mol. The Hall–Kier alpha value is -0.120. The van der Waals surface area contributed by atoms with Crippen molar-refractivity contribution in [2.45, 2.75) is 19.1 Å². The molecule has 0 aromatic carbocycles. The van der Waals surface area contributed by atoms with Gasteiger partial charge in [0.05, 0.1) is 12.7 Å². The predicted molar refractivity (Wildman–Crippen MR) is 45.8 cm³/mol. The number of ether oxygens (including phenoxy) is 1. The Morgan fingerprint density at radius 2 is 2.27 bits per heavy atom. The highest BCUT2D eigenvalue weighted by molar-refractivity contribution is 4.73. The largest absolute Gasteiger partial charge is 0.374 e. The third-order valence-electron chi connectivity index (χ3n) is 1.84. The second kappa shape index (κ2) is 4.04. The fourth-order valence-electron chi connectivity index (χ4n) is 1.26. The highest BCUT2D eigenvalue weighted by atomic mass is 16.5. The lowest BCUT2D eigenvalue weighted by atomic mass is 10.2. The maximum absolute atomic E-state index is 5.60. The average Bonchev–Trinajstić information content (AvgIpc) is 1.93. The summed E-state index contributed by atoms with van der Waals surface area (Å²) in [6.45, 7) is 4.99. The minimum Gasteiger partial charge on any atom is -0.374 e. The molecule has 3 heteroatoms. The molecule has 1 heterocycles. The zero-order chi connectivity index (χ0) is 8.27. The molecule has 1 aliphatic rings. The van der Waals surface area contributed by atoms with Gasteiger partial charge < -0.3 is 15.0 Å². The Labute approximate surface area is 68.7 Å². The molecule has 2 atom stereocenters. The van der Waals surface area contributed by atoms with Gasteiger partial charge >= 0.3 is 0 Å². The molecule has 1 aliphatic heterocycles. The molecule has 11 heavy (non-hydrogen) atoms. The Balaban J connectivity index is 2.17. The molecule has 0 bridgehead atoms. The number of likely N-dealkylation sites (N-methyl/N-ethyl adjacent to an activating group) is 1. The molecule has 2 unspecified atom stereocenters. The molecule has 0 aromatic heterocycles. The van der Waals surface area contributed by atoms with Gasteiger partial charge in [-0.05, 0) is 21.0 Å². The van der Waals surface area contributed by atoms with E-state index in [1.54, 1.807) is 0 Å². The summed E-state index contributed by atoms with van der Waals surface area (Å²) in [6.07, 6.45) is 0.376. The van der Waals surface area contributed by atoms with Crippen LogP contribution in [-0.2, 0) is 4.74 Å². The topological polar surface area (TPSA) is 24.5 Å². The second-order valence-electron chi connectivity index (χ2n) is 3.53. The van der Waals surface area contributed by atoms with E-state index in [1.165, 1.54) is 0 Å². The summed E-state index contributed by atoms with van der Waals surface area (Å²) in [5, 5.41) is 3.39. The first-order chi connectivity index (χ1) is 5.18. The van der Waals surface area contributed by atoms with E-state index in [0.717, 1.165) is 19.7 Å². The predicted octanol–water partition coefficient (Wildman–Crippen LogP) is -0.0751. The lowest BCUT2D eigenvalue weighted by molar-refractivity contribution is -0.00440. The fraction of sp³-hybridized carbons (Fsp3) is 1.00. The third kappa shape index (κ3) is 3.18. The lowest BCUT2D eigenvalue weighted by Crippen LogP contribution is -2.48. The number of rotatable bonds is 2. The van der Waals surface area contributed by atoms with Gasteiger partial charge in [-0.2, -0.15) is 0 Å². The van der Waals surface area contributed by atoms with Crippen molar-refractivity contribution in [3.05, 3.63) is 0 Å². The highest BCUT2D eigenvalue weighted by Gasteiger charge is 2.17. The molecule has 0 spiro atoms. The summed E-state index contributed by atoms with van der Waals surface area (Å²) in [7, 11) is 4.14. The molecule has 0 amide bonds. The van der Waals surface area contributed by atoms with Crippen LogP contribution in [0.15, 0.2) is 0 Å². The molecule has 1 rings (SSSR count). The van der Waals surface area contributed by atoms with Gasteiger partial charge in [0.1, 0.15) is 0 Å². The molecule has 0 saturated carbocycles. The summed E-state index contributed by atoms with van der Waals surface area (Å²) in [6, 6.07) is 0.522. The Morgan fingerprint density at radius 3 is 2.73 bits per heavy atom. The van der Waals surface area contributed by atoms with Crippen molar-refractivity contribution in [2.24, 2.45) is 0 Å². The number of hydrogen-bond donors (Lipinski definition) is 1. The lowest BCUT2D eigenvalue weighted by Gasteiger charge is -2.29. The van der Waals surface area contributed by atoms with Crippen LogP contribution >= 0.6 is 0 Å². The van der Waals surface area contributed by atoms with Crippen LogP contribution in [-0.4, -0.2) is 50.8 Å². The first kappa shape index (κ1) is 8.97. The number of nitrogens with one attached hydrogen (secondary N) is 1. The number of nitrogens with zero attached hydrogens (tertiary/aromatic N) is 1. The molecule has 0 aliphatic carbocycles. The van der Waals surface area contributed by atoms with E-state index in [2.05, 4.69) is 31.2 Å². The van der Waals surface area contributed by atoms with Crippen molar-refractivity contribution in [3.63, 3.8) is 0 Å². The van der Waals surface area contributed by atoms with E-state index >= 15 is 0 Å². The molecule has 0 radical (unpaired) electrons. The third-order valence-corrected chi connectivity index (χ3v) is 1.84. The van der Waals surface area contributed by atoms with E-state index in [1.807, 2.05) is 0 Å². The Morgan fingerprint density at radius 1 is 1.55 bits per heavy atom. The van der Waals surface area contributed by atoms with E-state index in [9.17, 15) is 0 Å². The maximum atomic E-state index is 5.60. The van der Waals surface area contributed by atoms with Gasteiger partial charge in [-0.1, -0.05) is 0 Å². The van der Waals surface area contributed by atoms with Crippen LogP contribution in [0.1, 0.15) is 6.92 Å².